The van der Waals surface area contributed by atoms with E-state index in [9.17, 15) is 4.39 Å². The van der Waals surface area contributed by atoms with Crippen LogP contribution in [0.4, 0.5) is 4.39 Å². The number of aromatic nitrogens is 2. The van der Waals surface area contributed by atoms with Gasteiger partial charge in [0.15, 0.2) is 0 Å². The molecular weight excluding hydrogens is 223 g/mol. The summed E-state index contributed by atoms with van der Waals surface area (Å²) in [5.74, 6) is -0.240. The van der Waals surface area contributed by atoms with Crippen LogP contribution in [0.15, 0.2) is 22.8 Å². The van der Waals surface area contributed by atoms with Crippen LogP contribution >= 0.6 is 15.9 Å². The molecule has 4 heteroatoms. The monoisotopic (exact) mass is 228 g/mol. The van der Waals surface area contributed by atoms with Crippen molar-refractivity contribution in [1.29, 1.82) is 0 Å². The van der Waals surface area contributed by atoms with E-state index in [1.165, 1.54) is 12.1 Å². The molecule has 0 fully saturated rings. The van der Waals surface area contributed by atoms with Crippen molar-refractivity contribution in [3.05, 3.63) is 28.6 Å². The maximum atomic E-state index is 12.8. The Morgan fingerprint density at radius 1 is 1.50 bits per heavy atom. The van der Waals surface area contributed by atoms with Gasteiger partial charge in [0.05, 0.1) is 5.52 Å². The average molecular weight is 229 g/mol. The van der Waals surface area contributed by atoms with Gasteiger partial charge in [-0.05, 0) is 34.1 Å². The summed E-state index contributed by atoms with van der Waals surface area (Å²) in [5.41, 5.74) is 0.797. The molecule has 0 radical (unpaired) electrons. The van der Waals surface area contributed by atoms with Crippen LogP contribution in [0.2, 0.25) is 0 Å². The second-order valence-corrected chi connectivity index (χ2v) is 3.33. The summed E-state index contributed by atoms with van der Waals surface area (Å²) >= 11 is 3.32. The van der Waals surface area contributed by atoms with Crippen LogP contribution in [0.25, 0.3) is 10.9 Å². The van der Waals surface area contributed by atoms with Gasteiger partial charge in [-0.1, -0.05) is 0 Å². The second-order valence-electron chi connectivity index (χ2n) is 2.58. The quantitative estimate of drug-likeness (QED) is 0.678. The molecule has 1 aromatic heterocycles. The Kier molecular flexibility index (Phi) is 1.65. The molecule has 2 nitrogen and oxygen atoms in total. The molecule has 0 saturated carbocycles. The van der Waals surface area contributed by atoms with Crippen molar-refractivity contribution in [3.63, 3.8) is 0 Å². The van der Waals surface area contributed by atoms with Gasteiger partial charge in [0.25, 0.3) is 0 Å². The summed E-state index contributed by atoms with van der Waals surface area (Å²) < 4.78 is 15.2. The van der Waals surface area contributed by atoms with Crippen molar-refractivity contribution >= 4 is 26.8 Å². The lowest BCUT2D eigenvalue weighted by Gasteiger charge is -1.89. The third-order valence-corrected chi connectivity index (χ3v) is 2.66. The number of hydrogen-bond acceptors (Lipinski definition) is 1. The van der Waals surface area contributed by atoms with Crippen LogP contribution in [0.5, 0.6) is 0 Å². The number of benzene rings is 1. The summed E-state index contributed by atoms with van der Waals surface area (Å²) in [6, 6.07) is 4.53. The lowest BCUT2D eigenvalue weighted by atomic mass is 10.2. The van der Waals surface area contributed by atoms with Gasteiger partial charge >= 0.3 is 0 Å². The Bertz CT molecular complexity index is 436. The van der Waals surface area contributed by atoms with Gasteiger partial charge in [0.1, 0.15) is 10.4 Å². The maximum absolute atomic E-state index is 12.8. The summed E-state index contributed by atoms with van der Waals surface area (Å²) in [4.78, 5) is 0. The first-order valence-electron chi connectivity index (χ1n) is 3.46. The molecule has 1 heterocycles. The van der Waals surface area contributed by atoms with Gasteiger partial charge in [-0.3, -0.25) is 4.68 Å². The largest absolute Gasteiger partial charge is 0.260 e. The molecule has 0 saturated heterocycles. The number of nitrogens with zero attached hydrogens (tertiary/aromatic N) is 2. The van der Waals surface area contributed by atoms with Gasteiger partial charge in [0, 0.05) is 12.4 Å². The third-order valence-electron chi connectivity index (χ3n) is 1.72. The van der Waals surface area contributed by atoms with E-state index in [-0.39, 0.29) is 5.82 Å². The SMILES string of the molecule is Cn1nc2ccc(F)cc2c1Br. The Morgan fingerprint density at radius 3 is 3.00 bits per heavy atom. The highest BCUT2D eigenvalue weighted by atomic mass is 79.9. The highest BCUT2D eigenvalue weighted by molar-refractivity contribution is 9.10. The Balaban J connectivity index is 2.88. The number of halogens is 2. The number of hydrogen-bond donors (Lipinski definition) is 0. The topological polar surface area (TPSA) is 17.8 Å². The van der Waals surface area contributed by atoms with Crippen molar-refractivity contribution < 1.29 is 4.39 Å². The highest BCUT2D eigenvalue weighted by Gasteiger charge is 2.05. The normalized spacial score (nSPS) is 10.9. The standard InChI is InChI=1S/C8H6BrFN2/c1-12-8(9)6-4-5(10)2-3-7(6)11-12/h2-4H,1H3. The van der Waals surface area contributed by atoms with E-state index in [1.807, 2.05) is 7.05 Å². The van der Waals surface area contributed by atoms with E-state index in [2.05, 4.69) is 21.0 Å². The van der Waals surface area contributed by atoms with Crippen molar-refractivity contribution in [3.8, 4) is 0 Å². The Morgan fingerprint density at radius 2 is 2.25 bits per heavy atom. The van der Waals surface area contributed by atoms with Crippen molar-refractivity contribution in [1.82, 2.24) is 9.78 Å². The van der Waals surface area contributed by atoms with E-state index in [0.29, 0.717) is 0 Å². The van der Waals surface area contributed by atoms with Gasteiger partial charge in [0.2, 0.25) is 0 Å². The smallest absolute Gasteiger partial charge is 0.124 e. The van der Waals surface area contributed by atoms with E-state index in [4.69, 9.17) is 0 Å². The summed E-state index contributed by atoms with van der Waals surface area (Å²) in [6.07, 6.45) is 0. The molecule has 2 aromatic rings. The molecule has 0 aliphatic heterocycles. The molecule has 0 amide bonds. The minimum Gasteiger partial charge on any atom is -0.260 e. The van der Waals surface area contributed by atoms with Gasteiger partial charge in [-0.25, -0.2) is 4.39 Å². The first-order chi connectivity index (χ1) is 5.68. The molecule has 2 rings (SSSR count). The number of aryl methyl sites for hydroxylation is 1. The zero-order valence-electron chi connectivity index (χ0n) is 6.38. The Labute approximate surface area is 77.1 Å². The summed E-state index contributed by atoms with van der Waals surface area (Å²) in [6.45, 7) is 0. The summed E-state index contributed by atoms with van der Waals surface area (Å²) in [7, 11) is 1.81. The average Bonchev–Trinajstić information content (AvgIpc) is 2.31. The molecule has 0 atom stereocenters. The maximum Gasteiger partial charge on any atom is 0.124 e. The van der Waals surface area contributed by atoms with E-state index >= 15 is 0 Å². The molecular formula is C8H6BrFN2. The fourth-order valence-corrected chi connectivity index (χ4v) is 1.54. The molecule has 12 heavy (non-hydrogen) atoms. The van der Waals surface area contributed by atoms with E-state index in [1.54, 1.807) is 10.7 Å². The molecule has 0 aliphatic rings. The minimum absolute atomic E-state index is 0.240. The predicted octanol–water partition coefficient (Wildman–Crippen LogP) is 2.47. The minimum atomic E-state index is -0.240. The first-order valence-corrected chi connectivity index (χ1v) is 4.25. The second kappa shape index (κ2) is 2.55. The molecule has 0 aliphatic carbocycles. The van der Waals surface area contributed by atoms with Crippen LogP contribution in [-0.2, 0) is 7.05 Å². The first kappa shape index (κ1) is 7.73. The fraction of sp³-hybridized carbons (Fsp3) is 0.125. The Hall–Kier alpha value is -0.900. The van der Waals surface area contributed by atoms with Crippen LogP contribution in [0.3, 0.4) is 0 Å². The third kappa shape index (κ3) is 1.03. The molecule has 62 valence electrons. The number of fused-ring (bicyclic) bond motifs is 1. The van der Waals surface area contributed by atoms with Gasteiger partial charge < -0.3 is 0 Å². The fourth-order valence-electron chi connectivity index (χ4n) is 1.14. The van der Waals surface area contributed by atoms with E-state index in [0.717, 1.165) is 15.5 Å². The highest BCUT2D eigenvalue weighted by Crippen LogP contribution is 2.23. The number of rotatable bonds is 0. The van der Waals surface area contributed by atoms with Crippen molar-refractivity contribution in [2.75, 3.05) is 0 Å². The van der Waals surface area contributed by atoms with Crippen LogP contribution in [0.1, 0.15) is 0 Å². The lowest BCUT2D eigenvalue weighted by Crippen LogP contribution is -1.88. The van der Waals surface area contributed by atoms with Crippen molar-refractivity contribution in [2.24, 2.45) is 7.05 Å². The molecule has 0 spiro atoms. The van der Waals surface area contributed by atoms with Crippen LogP contribution < -0.4 is 0 Å². The predicted molar refractivity (Wildman–Crippen MR) is 48.4 cm³/mol. The lowest BCUT2D eigenvalue weighted by molar-refractivity contribution is 0.629. The van der Waals surface area contributed by atoms with Gasteiger partial charge in [-0.2, -0.15) is 5.10 Å². The van der Waals surface area contributed by atoms with Crippen LogP contribution in [0, 0.1) is 5.82 Å². The summed E-state index contributed by atoms with van der Waals surface area (Å²) in [5, 5.41) is 4.96. The molecule has 0 N–H and O–H groups in total. The van der Waals surface area contributed by atoms with E-state index < -0.39 is 0 Å². The molecule has 1 aromatic carbocycles. The zero-order chi connectivity index (χ0) is 8.72. The van der Waals surface area contributed by atoms with Crippen molar-refractivity contribution in [2.45, 2.75) is 0 Å². The zero-order valence-corrected chi connectivity index (χ0v) is 7.97. The van der Waals surface area contributed by atoms with Crippen LogP contribution in [-0.4, -0.2) is 9.78 Å². The molecule has 0 bridgehead atoms. The molecule has 0 unspecified atom stereocenters. The van der Waals surface area contributed by atoms with Gasteiger partial charge in [-0.15, -0.1) is 0 Å².